The van der Waals surface area contributed by atoms with Crippen LogP contribution in [0.25, 0.3) is 121 Å². The summed E-state index contributed by atoms with van der Waals surface area (Å²) in [6.45, 7) is 0. The van der Waals surface area contributed by atoms with Crippen LogP contribution in [0.2, 0.25) is 0 Å². The molecule has 0 radical (unpaired) electrons. The Bertz CT molecular complexity index is 3830. The standard InChI is InChI=1S/C54H32N4O/c1-2-12-33(13-3-1)35-22-24-36(25-23-35)51-41-17-6-9-19-44(41)55-54(56-51)58-45-20-10-7-18-42(45)49-46(58)31-29-43-50-47(30-28-40-39-16-8-11-21-48(39)59-53(40)50)57(52(43)49)38-27-26-34-14-4-5-15-37(34)32-38/h1-32H. The van der Waals surface area contributed by atoms with E-state index in [1.54, 1.807) is 0 Å². The van der Waals surface area contributed by atoms with Gasteiger partial charge in [-0.25, -0.2) is 9.97 Å². The molecule has 5 nitrogen and oxygen atoms in total. The van der Waals surface area contributed by atoms with Gasteiger partial charge >= 0.3 is 0 Å². The molecule has 9 aromatic carbocycles. The van der Waals surface area contributed by atoms with Gasteiger partial charge in [0.2, 0.25) is 5.95 Å². The average Bonchev–Trinajstić information content (AvgIpc) is 3.96. The number of fused-ring (bicyclic) bond motifs is 13. The van der Waals surface area contributed by atoms with Gasteiger partial charge in [0.1, 0.15) is 11.2 Å². The Kier molecular flexibility index (Phi) is 6.66. The third-order valence-electron chi connectivity index (χ3n) is 12.1. The first-order chi connectivity index (χ1) is 29.3. The monoisotopic (exact) mass is 752 g/mol. The van der Waals surface area contributed by atoms with Crippen LogP contribution in [0.5, 0.6) is 0 Å². The van der Waals surface area contributed by atoms with Gasteiger partial charge < -0.3 is 8.98 Å². The number of rotatable bonds is 4. The van der Waals surface area contributed by atoms with Crippen LogP contribution in [0.15, 0.2) is 199 Å². The van der Waals surface area contributed by atoms with E-state index in [9.17, 15) is 0 Å². The van der Waals surface area contributed by atoms with Crippen molar-refractivity contribution in [1.82, 2.24) is 19.1 Å². The van der Waals surface area contributed by atoms with E-state index in [4.69, 9.17) is 14.4 Å². The van der Waals surface area contributed by atoms with Crippen LogP contribution in [0, 0.1) is 0 Å². The summed E-state index contributed by atoms with van der Waals surface area (Å²) in [6, 6.07) is 68.9. The van der Waals surface area contributed by atoms with Crippen molar-refractivity contribution in [1.29, 1.82) is 0 Å². The molecule has 13 aromatic rings. The summed E-state index contributed by atoms with van der Waals surface area (Å²) in [7, 11) is 0. The Labute approximate surface area is 337 Å². The van der Waals surface area contributed by atoms with Gasteiger partial charge in [-0.3, -0.25) is 4.57 Å². The van der Waals surface area contributed by atoms with Gasteiger partial charge in [0, 0.05) is 43.6 Å². The zero-order chi connectivity index (χ0) is 38.6. The summed E-state index contributed by atoms with van der Waals surface area (Å²) in [5, 5.41) is 10.1. The van der Waals surface area contributed by atoms with Crippen molar-refractivity contribution in [2.45, 2.75) is 0 Å². The molecule has 0 spiro atoms. The van der Waals surface area contributed by atoms with E-state index in [2.05, 4.69) is 197 Å². The molecule has 0 saturated carbocycles. The van der Waals surface area contributed by atoms with E-state index in [1.807, 2.05) is 6.07 Å². The predicted octanol–water partition coefficient (Wildman–Crippen LogP) is 14.2. The lowest BCUT2D eigenvalue weighted by Crippen LogP contribution is -2.03. The van der Waals surface area contributed by atoms with Crippen molar-refractivity contribution in [2.75, 3.05) is 0 Å². The SMILES string of the molecule is c1ccc(-c2ccc(-c3nc(-n4c5ccccc5c5c4ccc4c6c7oc8ccccc8c7ccc6n(-c6ccc7ccccc7c6)c45)nc4ccccc34)cc2)cc1. The molecule has 0 aliphatic heterocycles. The molecule has 4 heterocycles. The highest BCUT2D eigenvalue weighted by atomic mass is 16.3. The van der Waals surface area contributed by atoms with Crippen molar-refractivity contribution >= 4 is 87.2 Å². The van der Waals surface area contributed by atoms with E-state index in [0.29, 0.717) is 5.95 Å². The molecular formula is C54H32N4O. The third kappa shape index (κ3) is 4.67. The zero-order valence-corrected chi connectivity index (χ0v) is 31.7. The van der Waals surface area contributed by atoms with Gasteiger partial charge in [0.05, 0.1) is 38.7 Å². The minimum atomic E-state index is 0.629. The maximum atomic E-state index is 6.76. The number of hydrogen-bond donors (Lipinski definition) is 0. The first-order valence-corrected chi connectivity index (χ1v) is 20.0. The third-order valence-corrected chi connectivity index (χ3v) is 12.1. The highest BCUT2D eigenvalue weighted by Gasteiger charge is 2.25. The molecule has 5 heteroatoms. The Morgan fingerprint density at radius 2 is 1.05 bits per heavy atom. The van der Waals surface area contributed by atoms with Crippen LogP contribution in [0.3, 0.4) is 0 Å². The second kappa shape index (κ2) is 12.2. The van der Waals surface area contributed by atoms with Crippen LogP contribution >= 0.6 is 0 Å². The summed E-state index contributed by atoms with van der Waals surface area (Å²) in [6.07, 6.45) is 0. The number of nitrogens with zero attached hydrogens (tertiary/aromatic N) is 4. The van der Waals surface area contributed by atoms with Crippen molar-refractivity contribution in [3.63, 3.8) is 0 Å². The van der Waals surface area contributed by atoms with E-state index in [0.717, 1.165) is 93.4 Å². The Hall–Kier alpha value is -8.02. The molecule has 0 amide bonds. The van der Waals surface area contributed by atoms with E-state index < -0.39 is 0 Å². The van der Waals surface area contributed by atoms with Gasteiger partial charge in [-0.2, -0.15) is 0 Å². The van der Waals surface area contributed by atoms with Crippen LogP contribution in [0.1, 0.15) is 0 Å². The molecule has 0 N–H and O–H groups in total. The van der Waals surface area contributed by atoms with E-state index in [1.165, 1.54) is 21.9 Å². The van der Waals surface area contributed by atoms with Crippen LogP contribution in [-0.4, -0.2) is 19.1 Å². The minimum absolute atomic E-state index is 0.629. The normalized spacial score (nSPS) is 12.1. The average molecular weight is 753 g/mol. The van der Waals surface area contributed by atoms with Crippen molar-refractivity contribution in [3.05, 3.63) is 194 Å². The van der Waals surface area contributed by atoms with Crippen molar-refractivity contribution < 1.29 is 4.42 Å². The smallest absolute Gasteiger partial charge is 0.235 e. The van der Waals surface area contributed by atoms with Crippen LogP contribution < -0.4 is 0 Å². The number of furan rings is 1. The molecule has 0 fully saturated rings. The molecule has 0 unspecified atom stereocenters. The second-order valence-electron chi connectivity index (χ2n) is 15.3. The lowest BCUT2D eigenvalue weighted by molar-refractivity contribution is 0.673. The fourth-order valence-electron chi connectivity index (χ4n) is 9.46. The molecule has 274 valence electrons. The lowest BCUT2D eigenvalue weighted by Gasteiger charge is -2.12. The number of aromatic nitrogens is 4. The van der Waals surface area contributed by atoms with Crippen molar-refractivity contribution in [2.24, 2.45) is 0 Å². The van der Waals surface area contributed by atoms with Gasteiger partial charge in [0.25, 0.3) is 0 Å². The molecule has 4 aromatic heterocycles. The second-order valence-corrected chi connectivity index (χ2v) is 15.3. The number of benzene rings is 9. The Morgan fingerprint density at radius 1 is 0.390 bits per heavy atom. The topological polar surface area (TPSA) is 48.8 Å². The first-order valence-electron chi connectivity index (χ1n) is 20.0. The molecule has 13 rings (SSSR count). The van der Waals surface area contributed by atoms with Crippen LogP contribution in [-0.2, 0) is 0 Å². The summed E-state index contributed by atoms with van der Waals surface area (Å²) in [5.41, 5.74) is 12.3. The molecule has 0 saturated heterocycles. The zero-order valence-electron chi connectivity index (χ0n) is 31.7. The maximum Gasteiger partial charge on any atom is 0.235 e. The number of para-hydroxylation sites is 3. The molecule has 59 heavy (non-hydrogen) atoms. The summed E-state index contributed by atoms with van der Waals surface area (Å²) < 4.78 is 11.4. The molecule has 0 aliphatic rings. The summed E-state index contributed by atoms with van der Waals surface area (Å²) in [4.78, 5) is 10.8. The molecular weight excluding hydrogens is 721 g/mol. The largest absolute Gasteiger partial charge is 0.455 e. The summed E-state index contributed by atoms with van der Waals surface area (Å²) >= 11 is 0. The number of hydrogen-bond acceptors (Lipinski definition) is 3. The van der Waals surface area contributed by atoms with Crippen molar-refractivity contribution in [3.8, 4) is 34.0 Å². The predicted molar refractivity (Wildman–Crippen MR) is 244 cm³/mol. The Balaban J connectivity index is 1.13. The highest BCUT2D eigenvalue weighted by Crippen LogP contribution is 2.45. The fourth-order valence-corrected chi connectivity index (χ4v) is 9.46. The summed E-state index contributed by atoms with van der Waals surface area (Å²) in [5.74, 6) is 0.629. The fraction of sp³-hybridized carbons (Fsp3) is 0. The highest BCUT2D eigenvalue weighted by molar-refractivity contribution is 6.31. The van der Waals surface area contributed by atoms with Gasteiger partial charge in [0.15, 0.2) is 0 Å². The minimum Gasteiger partial charge on any atom is -0.455 e. The quantitative estimate of drug-likeness (QED) is 0.180. The van der Waals surface area contributed by atoms with E-state index in [-0.39, 0.29) is 0 Å². The van der Waals surface area contributed by atoms with Crippen LogP contribution in [0.4, 0.5) is 0 Å². The van der Waals surface area contributed by atoms with E-state index >= 15 is 0 Å². The molecule has 0 bridgehead atoms. The van der Waals surface area contributed by atoms with Gasteiger partial charge in [-0.15, -0.1) is 0 Å². The molecule has 0 aliphatic carbocycles. The first kappa shape index (κ1) is 32.1. The van der Waals surface area contributed by atoms with Gasteiger partial charge in [-0.1, -0.05) is 140 Å². The Morgan fingerprint density at radius 3 is 1.92 bits per heavy atom. The van der Waals surface area contributed by atoms with Gasteiger partial charge in [-0.05, 0) is 76.5 Å². The maximum absolute atomic E-state index is 6.76. The lowest BCUT2D eigenvalue weighted by atomic mass is 10.0. The molecule has 0 atom stereocenters.